The summed E-state index contributed by atoms with van der Waals surface area (Å²) in [5.41, 5.74) is 2.23. The van der Waals surface area contributed by atoms with E-state index < -0.39 is 10.0 Å². The number of hydrogen-bond acceptors (Lipinski definition) is 5. The molecule has 1 amide bonds. The number of thiophene rings is 1. The Kier molecular flexibility index (Phi) is 4.99. The van der Waals surface area contributed by atoms with Crippen LogP contribution in [0.1, 0.15) is 34.3 Å². The first-order valence-electron chi connectivity index (χ1n) is 9.08. The van der Waals surface area contributed by atoms with Gasteiger partial charge in [0.2, 0.25) is 0 Å². The van der Waals surface area contributed by atoms with Gasteiger partial charge in [0.05, 0.1) is 6.26 Å². The lowest BCUT2D eigenvalue weighted by atomic mass is 10.0. The van der Waals surface area contributed by atoms with Crippen molar-refractivity contribution in [1.29, 1.82) is 0 Å². The number of hydrogen-bond donors (Lipinski definition) is 1. The summed E-state index contributed by atoms with van der Waals surface area (Å²) in [7, 11) is -3.62. The molecule has 0 fully saturated rings. The Morgan fingerprint density at radius 2 is 2.11 bits per heavy atom. The van der Waals surface area contributed by atoms with Gasteiger partial charge in [0.15, 0.2) is 5.76 Å². The number of fused-ring (bicyclic) bond motifs is 1. The number of carbonyl (C=O) groups excluding carboxylic acids is 1. The van der Waals surface area contributed by atoms with Crippen LogP contribution in [0.4, 0.5) is 11.4 Å². The first-order valence-corrected chi connectivity index (χ1v) is 11.4. The Bertz CT molecular complexity index is 1100. The Morgan fingerprint density at radius 3 is 2.82 bits per heavy atom. The number of rotatable bonds is 5. The van der Waals surface area contributed by atoms with Crippen molar-refractivity contribution in [1.82, 2.24) is 0 Å². The molecule has 1 aliphatic heterocycles. The molecule has 1 aliphatic rings. The fraction of sp³-hybridized carbons (Fsp3) is 0.250. The molecule has 3 heterocycles. The number of sulfonamides is 1. The fourth-order valence-corrected chi connectivity index (χ4v) is 5.65. The third-order valence-corrected chi connectivity index (χ3v) is 7.78. The van der Waals surface area contributed by atoms with E-state index in [2.05, 4.69) is 4.72 Å². The molecule has 6 nitrogen and oxygen atoms in total. The van der Waals surface area contributed by atoms with E-state index in [1.165, 1.54) is 17.6 Å². The topological polar surface area (TPSA) is 79.6 Å². The van der Waals surface area contributed by atoms with E-state index in [1.54, 1.807) is 35.2 Å². The van der Waals surface area contributed by atoms with Crippen molar-refractivity contribution in [3.8, 4) is 0 Å². The van der Waals surface area contributed by atoms with Crippen molar-refractivity contribution in [3.63, 3.8) is 0 Å². The molecule has 2 aromatic heterocycles. The third-order valence-electron chi connectivity index (χ3n) is 4.68. The number of amides is 1. The zero-order chi connectivity index (χ0) is 19.7. The standard InChI is InChI=1S/C20H20N2O4S2/c1-2-16-8-10-19(27-16)28(24,25)21-15-7-9-17-14(13-15)5-3-11-22(17)20(23)18-6-4-12-26-18/h4,6-10,12-13,21H,2-3,5,11H2,1H3. The van der Waals surface area contributed by atoms with Crippen LogP contribution in [-0.4, -0.2) is 20.9 Å². The molecule has 0 saturated heterocycles. The SMILES string of the molecule is CCc1ccc(S(=O)(=O)Nc2ccc3c(c2)CCCN3C(=O)c2ccco2)s1. The number of carbonyl (C=O) groups is 1. The lowest BCUT2D eigenvalue weighted by molar-refractivity contribution is 0.0958. The van der Waals surface area contributed by atoms with Crippen LogP contribution in [0.3, 0.4) is 0 Å². The average molecular weight is 417 g/mol. The van der Waals surface area contributed by atoms with Crippen LogP contribution in [0.25, 0.3) is 0 Å². The highest BCUT2D eigenvalue weighted by Gasteiger charge is 2.26. The summed E-state index contributed by atoms with van der Waals surface area (Å²) in [6.07, 6.45) is 3.87. The van der Waals surface area contributed by atoms with Gasteiger partial charge >= 0.3 is 0 Å². The highest BCUT2D eigenvalue weighted by molar-refractivity contribution is 7.94. The van der Waals surface area contributed by atoms with Gasteiger partial charge in [-0.1, -0.05) is 6.92 Å². The number of benzene rings is 1. The molecule has 0 atom stereocenters. The Morgan fingerprint density at radius 1 is 1.25 bits per heavy atom. The molecule has 0 unspecified atom stereocenters. The number of aryl methyl sites for hydroxylation is 2. The number of nitrogens with one attached hydrogen (secondary N) is 1. The van der Waals surface area contributed by atoms with Gasteiger partial charge in [-0.05, 0) is 67.3 Å². The molecule has 0 bridgehead atoms. The molecule has 0 radical (unpaired) electrons. The summed E-state index contributed by atoms with van der Waals surface area (Å²) < 4.78 is 33.5. The first kappa shape index (κ1) is 18.8. The quantitative estimate of drug-likeness (QED) is 0.673. The molecule has 0 spiro atoms. The lowest BCUT2D eigenvalue weighted by Crippen LogP contribution is -2.35. The molecular formula is C20H20N2O4S2. The van der Waals surface area contributed by atoms with Gasteiger partial charge in [0.25, 0.3) is 15.9 Å². The van der Waals surface area contributed by atoms with Gasteiger partial charge in [-0.15, -0.1) is 11.3 Å². The van der Waals surface area contributed by atoms with E-state index in [0.717, 1.165) is 35.4 Å². The van der Waals surface area contributed by atoms with Gasteiger partial charge in [-0.3, -0.25) is 9.52 Å². The van der Waals surface area contributed by atoms with E-state index in [-0.39, 0.29) is 5.91 Å². The third kappa shape index (κ3) is 3.57. The van der Waals surface area contributed by atoms with Crippen LogP contribution in [0.2, 0.25) is 0 Å². The first-order chi connectivity index (χ1) is 13.5. The van der Waals surface area contributed by atoms with Gasteiger partial charge in [0, 0.05) is 22.8 Å². The van der Waals surface area contributed by atoms with Crippen molar-refractivity contribution in [2.75, 3.05) is 16.2 Å². The van der Waals surface area contributed by atoms with Crippen LogP contribution >= 0.6 is 11.3 Å². The molecule has 4 rings (SSSR count). The average Bonchev–Trinajstić information content (AvgIpc) is 3.38. The summed E-state index contributed by atoms with van der Waals surface area (Å²) in [5.74, 6) is 0.104. The Balaban J connectivity index is 1.59. The molecule has 8 heteroatoms. The number of furan rings is 1. The van der Waals surface area contributed by atoms with Gasteiger partial charge in [0.1, 0.15) is 4.21 Å². The predicted molar refractivity (Wildman–Crippen MR) is 110 cm³/mol. The minimum atomic E-state index is -3.62. The normalized spacial score (nSPS) is 14.0. The second-order valence-electron chi connectivity index (χ2n) is 6.56. The van der Waals surface area contributed by atoms with Crippen molar-refractivity contribution in [2.24, 2.45) is 0 Å². The summed E-state index contributed by atoms with van der Waals surface area (Å²) in [6, 6.07) is 12.1. The van der Waals surface area contributed by atoms with E-state index in [9.17, 15) is 13.2 Å². The molecule has 3 aromatic rings. The zero-order valence-corrected chi connectivity index (χ0v) is 17.0. The molecule has 28 heavy (non-hydrogen) atoms. The van der Waals surface area contributed by atoms with E-state index >= 15 is 0 Å². The summed E-state index contributed by atoms with van der Waals surface area (Å²) in [5, 5.41) is 0. The van der Waals surface area contributed by atoms with Crippen molar-refractivity contribution >= 4 is 38.6 Å². The minimum Gasteiger partial charge on any atom is -0.459 e. The zero-order valence-electron chi connectivity index (χ0n) is 15.3. The van der Waals surface area contributed by atoms with Gasteiger partial charge < -0.3 is 9.32 Å². The van der Waals surface area contributed by atoms with Crippen LogP contribution in [-0.2, 0) is 22.9 Å². The van der Waals surface area contributed by atoms with E-state index in [1.807, 2.05) is 19.1 Å². The van der Waals surface area contributed by atoms with Crippen LogP contribution in [0.15, 0.2) is 57.4 Å². The van der Waals surface area contributed by atoms with Crippen molar-refractivity contribution < 1.29 is 17.6 Å². The maximum Gasteiger partial charge on any atom is 0.293 e. The second kappa shape index (κ2) is 7.44. The summed E-state index contributed by atoms with van der Waals surface area (Å²) in [6.45, 7) is 2.60. The van der Waals surface area contributed by atoms with Crippen molar-refractivity contribution in [3.05, 3.63) is 64.9 Å². The number of nitrogens with zero attached hydrogens (tertiary/aromatic N) is 1. The summed E-state index contributed by atoms with van der Waals surface area (Å²) in [4.78, 5) is 15.4. The highest BCUT2D eigenvalue weighted by Crippen LogP contribution is 2.32. The van der Waals surface area contributed by atoms with Gasteiger partial charge in [-0.25, -0.2) is 8.42 Å². The largest absolute Gasteiger partial charge is 0.459 e. The monoisotopic (exact) mass is 416 g/mol. The predicted octanol–water partition coefficient (Wildman–Crippen LogP) is 4.30. The molecule has 0 aliphatic carbocycles. The fourth-order valence-electron chi connectivity index (χ4n) is 3.30. The minimum absolute atomic E-state index is 0.190. The molecule has 146 valence electrons. The molecule has 0 saturated carbocycles. The lowest BCUT2D eigenvalue weighted by Gasteiger charge is -2.29. The van der Waals surface area contributed by atoms with Gasteiger partial charge in [-0.2, -0.15) is 0 Å². The molecule has 1 N–H and O–H groups in total. The second-order valence-corrected chi connectivity index (χ2v) is 9.64. The maximum atomic E-state index is 12.7. The van der Waals surface area contributed by atoms with Crippen LogP contribution in [0.5, 0.6) is 0 Å². The highest BCUT2D eigenvalue weighted by atomic mass is 32.2. The van der Waals surface area contributed by atoms with E-state index in [0.29, 0.717) is 22.2 Å². The van der Waals surface area contributed by atoms with Crippen molar-refractivity contribution in [2.45, 2.75) is 30.4 Å². The Hall–Kier alpha value is -2.58. The summed E-state index contributed by atoms with van der Waals surface area (Å²) >= 11 is 1.28. The Labute approximate surface area is 167 Å². The number of anilines is 2. The smallest absolute Gasteiger partial charge is 0.293 e. The van der Waals surface area contributed by atoms with Crippen LogP contribution in [0, 0.1) is 0 Å². The maximum absolute atomic E-state index is 12.7. The van der Waals surface area contributed by atoms with Crippen LogP contribution < -0.4 is 9.62 Å². The molecule has 1 aromatic carbocycles. The van der Waals surface area contributed by atoms with E-state index in [4.69, 9.17) is 4.42 Å². The molecular weight excluding hydrogens is 396 g/mol.